The van der Waals surface area contributed by atoms with E-state index in [2.05, 4.69) is 50.4 Å². The van der Waals surface area contributed by atoms with E-state index >= 15 is 0 Å². The highest BCUT2D eigenvalue weighted by Gasteiger charge is 2.33. The molecule has 4 heteroatoms. The topological polar surface area (TPSA) is 24.5 Å². The molecule has 0 bridgehead atoms. The lowest BCUT2D eigenvalue weighted by molar-refractivity contribution is -0.0865. The predicted molar refractivity (Wildman–Crippen MR) is 86.2 cm³/mol. The van der Waals surface area contributed by atoms with Crippen LogP contribution in [0.2, 0.25) is 0 Å². The fraction of sp³-hybridized carbons (Fsp3) is 0.625. The van der Waals surface area contributed by atoms with Gasteiger partial charge in [-0.15, -0.1) is 0 Å². The average molecular weight is 339 g/mol. The first-order valence-corrected chi connectivity index (χ1v) is 8.47. The number of halogens is 1. The highest BCUT2D eigenvalue weighted by Crippen LogP contribution is 2.28. The van der Waals surface area contributed by atoms with Crippen LogP contribution in [0.4, 0.5) is 5.69 Å². The fourth-order valence-electron chi connectivity index (χ4n) is 3.40. The van der Waals surface area contributed by atoms with Crippen LogP contribution in [-0.2, 0) is 4.74 Å². The van der Waals surface area contributed by atoms with Crippen LogP contribution in [0.15, 0.2) is 28.7 Å². The van der Waals surface area contributed by atoms with Crippen molar-refractivity contribution in [2.75, 3.05) is 31.6 Å². The summed E-state index contributed by atoms with van der Waals surface area (Å²) in [6.07, 6.45) is 5.75. The highest BCUT2D eigenvalue weighted by molar-refractivity contribution is 9.10. The number of anilines is 1. The molecular weight excluding hydrogens is 316 g/mol. The summed E-state index contributed by atoms with van der Waals surface area (Å²) in [6, 6.07) is 9.02. The third-order valence-corrected chi connectivity index (χ3v) is 4.89. The summed E-state index contributed by atoms with van der Waals surface area (Å²) in [5.74, 6) is 0. The third-order valence-electron chi connectivity index (χ3n) is 4.40. The lowest BCUT2D eigenvalue weighted by Crippen LogP contribution is -2.53. The Bertz CT molecular complexity index is 438. The van der Waals surface area contributed by atoms with E-state index in [0.29, 0.717) is 12.1 Å². The molecule has 2 unspecified atom stereocenters. The number of nitrogens with zero attached hydrogens (tertiary/aromatic N) is 1. The van der Waals surface area contributed by atoms with Crippen molar-refractivity contribution in [1.29, 1.82) is 0 Å². The van der Waals surface area contributed by atoms with E-state index in [1.54, 1.807) is 0 Å². The molecule has 0 spiro atoms. The Morgan fingerprint density at radius 2 is 2.20 bits per heavy atom. The van der Waals surface area contributed by atoms with Gasteiger partial charge in [0.15, 0.2) is 0 Å². The number of rotatable bonds is 4. The Balaban J connectivity index is 1.50. The van der Waals surface area contributed by atoms with Gasteiger partial charge in [0.25, 0.3) is 0 Å². The minimum Gasteiger partial charge on any atom is -0.384 e. The molecule has 1 heterocycles. The van der Waals surface area contributed by atoms with Crippen molar-refractivity contribution >= 4 is 21.6 Å². The quantitative estimate of drug-likeness (QED) is 0.909. The van der Waals surface area contributed by atoms with Gasteiger partial charge in [-0.05, 0) is 31.0 Å². The standard InChI is InChI=1S/C16H23BrN2O/c17-13-4-3-5-14(12-13)18-8-9-19-10-11-20-16-7-2-1-6-15(16)19/h3-5,12,15-16,18H,1-2,6-11H2. The molecule has 0 radical (unpaired) electrons. The van der Waals surface area contributed by atoms with Gasteiger partial charge >= 0.3 is 0 Å². The summed E-state index contributed by atoms with van der Waals surface area (Å²) in [5.41, 5.74) is 1.19. The van der Waals surface area contributed by atoms with Gasteiger partial charge < -0.3 is 10.1 Å². The Morgan fingerprint density at radius 1 is 1.30 bits per heavy atom. The number of hydrogen-bond donors (Lipinski definition) is 1. The smallest absolute Gasteiger partial charge is 0.0730 e. The minimum absolute atomic E-state index is 0.489. The molecule has 0 aromatic heterocycles. The van der Waals surface area contributed by atoms with E-state index in [4.69, 9.17) is 4.74 Å². The third kappa shape index (κ3) is 3.54. The van der Waals surface area contributed by atoms with Crippen LogP contribution in [0.5, 0.6) is 0 Å². The van der Waals surface area contributed by atoms with E-state index in [0.717, 1.165) is 30.7 Å². The first-order chi connectivity index (χ1) is 9.83. The molecule has 110 valence electrons. The average Bonchev–Trinajstić information content (AvgIpc) is 2.48. The Morgan fingerprint density at radius 3 is 3.10 bits per heavy atom. The number of nitrogens with one attached hydrogen (secondary N) is 1. The molecular formula is C16H23BrN2O. The predicted octanol–water partition coefficient (Wildman–Crippen LogP) is 3.50. The summed E-state index contributed by atoms with van der Waals surface area (Å²) in [7, 11) is 0. The molecule has 1 aromatic carbocycles. The maximum Gasteiger partial charge on any atom is 0.0730 e. The van der Waals surface area contributed by atoms with E-state index in [9.17, 15) is 0 Å². The Hall–Kier alpha value is -0.580. The molecule has 3 nitrogen and oxygen atoms in total. The normalized spacial score (nSPS) is 27.1. The van der Waals surface area contributed by atoms with E-state index in [1.807, 2.05) is 0 Å². The second-order valence-corrected chi connectivity index (χ2v) is 6.65. The number of fused-ring (bicyclic) bond motifs is 1. The van der Waals surface area contributed by atoms with Crippen LogP contribution in [0.1, 0.15) is 25.7 Å². The molecule has 2 aliphatic rings. The molecule has 1 saturated heterocycles. The number of ether oxygens (including phenoxy) is 1. The van der Waals surface area contributed by atoms with Crippen molar-refractivity contribution in [3.8, 4) is 0 Å². The SMILES string of the molecule is Brc1cccc(NCCN2CCOC3CCCCC32)c1. The van der Waals surface area contributed by atoms with Crippen molar-refractivity contribution in [1.82, 2.24) is 4.90 Å². The molecule has 0 amide bonds. The Labute approximate surface area is 129 Å². The van der Waals surface area contributed by atoms with Gasteiger partial charge in [0, 0.05) is 35.8 Å². The van der Waals surface area contributed by atoms with Crippen LogP contribution in [0.25, 0.3) is 0 Å². The van der Waals surface area contributed by atoms with Crippen molar-refractivity contribution in [2.24, 2.45) is 0 Å². The van der Waals surface area contributed by atoms with E-state index in [-0.39, 0.29) is 0 Å². The molecule has 1 aromatic rings. The molecule has 1 saturated carbocycles. The largest absolute Gasteiger partial charge is 0.384 e. The van der Waals surface area contributed by atoms with Gasteiger partial charge in [-0.1, -0.05) is 34.8 Å². The van der Waals surface area contributed by atoms with Gasteiger partial charge in [0.1, 0.15) is 0 Å². The van der Waals surface area contributed by atoms with Gasteiger partial charge in [-0.25, -0.2) is 0 Å². The first kappa shape index (κ1) is 14.4. The second kappa shape index (κ2) is 6.92. The van der Waals surface area contributed by atoms with E-state index in [1.165, 1.54) is 31.4 Å². The van der Waals surface area contributed by atoms with Crippen LogP contribution < -0.4 is 5.32 Å². The zero-order chi connectivity index (χ0) is 13.8. The summed E-state index contributed by atoms with van der Waals surface area (Å²) in [5, 5.41) is 3.52. The van der Waals surface area contributed by atoms with Gasteiger partial charge in [-0.2, -0.15) is 0 Å². The van der Waals surface area contributed by atoms with Crippen LogP contribution >= 0.6 is 15.9 Å². The van der Waals surface area contributed by atoms with Gasteiger partial charge in [0.05, 0.1) is 12.7 Å². The molecule has 1 N–H and O–H groups in total. The first-order valence-electron chi connectivity index (χ1n) is 7.68. The van der Waals surface area contributed by atoms with Crippen molar-refractivity contribution in [3.63, 3.8) is 0 Å². The molecule has 3 rings (SSSR count). The molecule has 2 fully saturated rings. The minimum atomic E-state index is 0.489. The maximum absolute atomic E-state index is 5.92. The lowest BCUT2D eigenvalue weighted by Gasteiger charge is -2.43. The molecule has 1 aliphatic carbocycles. The van der Waals surface area contributed by atoms with Gasteiger partial charge in [0.2, 0.25) is 0 Å². The lowest BCUT2D eigenvalue weighted by atomic mass is 9.90. The van der Waals surface area contributed by atoms with Crippen molar-refractivity contribution in [2.45, 2.75) is 37.8 Å². The summed E-state index contributed by atoms with van der Waals surface area (Å²) in [6.45, 7) is 4.09. The van der Waals surface area contributed by atoms with Crippen LogP contribution in [0.3, 0.4) is 0 Å². The summed E-state index contributed by atoms with van der Waals surface area (Å²) < 4.78 is 7.05. The van der Waals surface area contributed by atoms with Crippen molar-refractivity contribution < 1.29 is 4.74 Å². The second-order valence-electron chi connectivity index (χ2n) is 5.73. The Kier molecular flexibility index (Phi) is 4.97. The van der Waals surface area contributed by atoms with Crippen molar-refractivity contribution in [3.05, 3.63) is 28.7 Å². The number of benzene rings is 1. The molecule has 1 aliphatic heterocycles. The molecule has 20 heavy (non-hydrogen) atoms. The van der Waals surface area contributed by atoms with E-state index < -0.39 is 0 Å². The fourth-order valence-corrected chi connectivity index (χ4v) is 3.80. The van der Waals surface area contributed by atoms with Gasteiger partial charge in [-0.3, -0.25) is 4.90 Å². The zero-order valence-electron chi connectivity index (χ0n) is 11.9. The van der Waals surface area contributed by atoms with Crippen LogP contribution in [-0.4, -0.2) is 43.3 Å². The maximum atomic E-state index is 5.92. The summed E-state index contributed by atoms with van der Waals surface area (Å²) >= 11 is 3.51. The number of hydrogen-bond acceptors (Lipinski definition) is 3. The van der Waals surface area contributed by atoms with Crippen LogP contribution in [0, 0.1) is 0 Å². The zero-order valence-corrected chi connectivity index (χ0v) is 13.4. The monoisotopic (exact) mass is 338 g/mol. The highest BCUT2D eigenvalue weighted by atomic mass is 79.9. The summed E-state index contributed by atoms with van der Waals surface area (Å²) in [4.78, 5) is 2.62. The molecule has 2 atom stereocenters. The number of morpholine rings is 1.